The molecule has 1 aliphatic rings. The van der Waals surface area contributed by atoms with Gasteiger partial charge in [0.05, 0.1) is 56.8 Å². The van der Waals surface area contributed by atoms with Gasteiger partial charge in [0.1, 0.15) is 0 Å². The lowest BCUT2D eigenvalue weighted by Gasteiger charge is -2.15. The predicted octanol–water partition coefficient (Wildman–Crippen LogP) is 7.45. The van der Waals surface area contributed by atoms with Crippen LogP contribution in [0.25, 0.3) is 49.7 Å². The zero-order valence-electron chi connectivity index (χ0n) is 24.0. The number of rotatable bonds is 4. The molecule has 0 saturated carbocycles. The minimum absolute atomic E-state index is 0.296. The van der Waals surface area contributed by atoms with Gasteiger partial charge in [-0.1, -0.05) is 48.5 Å². The third-order valence-corrected chi connectivity index (χ3v) is 8.42. The Morgan fingerprint density at radius 3 is 1.74 bits per heavy atom. The summed E-state index contributed by atoms with van der Waals surface area (Å²) in [7, 11) is 0. The monoisotopic (exact) mass is 592 g/mol. The number of benzene rings is 4. The van der Waals surface area contributed by atoms with Gasteiger partial charge in [0.15, 0.2) is 0 Å². The van der Waals surface area contributed by atoms with Crippen LogP contribution in [0.15, 0.2) is 122 Å². The molecule has 0 saturated heterocycles. The van der Waals surface area contributed by atoms with E-state index in [4.69, 9.17) is 0 Å². The van der Waals surface area contributed by atoms with Crippen molar-refractivity contribution >= 4 is 39.3 Å². The fourth-order valence-corrected chi connectivity index (χ4v) is 6.32. The number of carbonyl (C=O) groups is 2. The van der Waals surface area contributed by atoms with Crippen LogP contribution in [0.2, 0.25) is 0 Å². The first-order chi connectivity index (χ1) is 22.6. The van der Waals surface area contributed by atoms with E-state index in [1.54, 1.807) is 73.3 Å². The van der Waals surface area contributed by atoms with Gasteiger partial charge in [-0.25, -0.2) is 4.90 Å². The number of carbonyl (C=O) groups excluding carboxylic acids is 2. The molecule has 46 heavy (non-hydrogen) atoms. The fourth-order valence-electron chi connectivity index (χ4n) is 6.32. The Hall–Kier alpha value is -6.90. The maximum atomic E-state index is 14.1. The number of aromatic nitrogens is 3. The molecule has 1 aliphatic heterocycles. The average molecular weight is 593 g/mol. The first-order valence-electron chi connectivity index (χ1n) is 14.4. The minimum Gasteiger partial charge on any atom is -0.308 e. The molecule has 0 aliphatic carbocycles. The van der Waals surface area contributed by atoms with Crippen molar-refractivity contribution in [2.45, 2.75) is 0 Å². The molecule has 2 amide bonds. The van der Waals surface area contributed by atoms with E-state index >= 15 is 0 Å². The van der Waals surface area contributed by atoms with Gasteiger partial charge in [0.2, 0.25) is 0 Å². The molecule has 0 bridgehead atoms. The van der Waals surface area contributed by atoms with Crippen molar-refractivity contribution in [3.05, 3.63) is 144 Å². The van der Waals surface area contributed by atoms with E-state index in [2.05, 4.69) is 22.1 Å². The summed E-state index contributed by atoms with van der Waals surface area (Å²) in [5, 5.41) is 21.5. The van der Waals surface area contributed by atoms with Crippen molar-refractivity contribution in [2.24, 2.45) is 0 Å². The van der Waals surface area contributed by atoms with Crippen LogP contribution in [0.5, 0.6) is 0 Å². The van der Waals surface area contributed by atoms with Crippen LogP contribution in [0.1, 0.15) is 31.8 Å². The summed E-state index contributed by atoms with van der Waals surface area (Å²) in [5.74, 6) is -0.805. The third kappa shape index (κ3) is 3.92. The normalized spacial score (nSPS) is 12.3. The molecule has 4 heterocycles. The van der Waals surface area contributed by atoms with Gasteiger partial charge in [-0.2, -0.15) is 10.5 Å². The van der Waals surface area contributed by atoms with Crippen molar-refractivity contribution in [2.75, 3.05) is 4.90 Å². The highest BCUT2D eigenvalue weighted by molar-refractivity contribution is 6.35. The molecule has 214 valence electrons. The molecule has 3 aromatic heterocycles. The highest BCUT2D eigenvalue weighted by Crippen LogP contribution is 2.40. The SMILES string of the molecule is N#Cc1ccncc1-c1ccc2c3ccc(-c4cnccc4C#N)cc3n(-c3cccc4c3C(=O)N(c3ccccc3)C4=O)c2c1. The van der Waals surface area contributed by atoms with Crippen molar-refractivity contribution in [1.29, 1.82) is 10.5 Å². The molecule has 0 spiro atoms. The maximum Gasteiger partial charge on any atom is 0.268 e. The Labute approximate surface area is 262 Å². The zero-order chi connectivity index (χ0) is 31.4. The molecule has 0 fully saturated rings. The topological polar surface area (TPSA) is 116 Å². The van der Waals surface area contributed by atoms with Crippen LogP contribution in [0, 0.1) is 22.7 Å². The molecule has 8 rings (SSSR count). The van der Waals surface area contributed by atoms with E-state index in [1.165, 1.54) is 4.90 Å². The highest BCUT2D eigenvalue weighted by atomic mass is 16.2. The number of fused-ring (bicyclic) bond motifs is 4. The molecule has 7 aromatic rings. The molecular formula is C38H20N6O2. The lowest BCUT2D eigenvalue weighted by Crippen LogP contribution is -2.29. The number of para-hydroxylation sites is 1. The Bertz CT molecular complexity index is 2390. The molecule has 0 N–H and O–H groups in total. The molecule has 8 nitrogen and oxygen atoms in total. The van der Waals surface area contributed by atoms with Gasteiger partial charge in [0.25, 0.3) is 11.8 Å². The molecule has 8 heteroatoms. The summed E-state index contributed by atoms with van der Waals surface area (Å²) < 4.78 is 1.99. The number of imide groups is 1. The maximum absolute atomic E-state index is 14.1. The minimum atomic E-state index is -0.415. The van der Waals surface area contributed by atoms with Crippen LogP contribution >= 0.6 is 0 Å². The van der Waals surface area contributed by atoms with E-state index in [9.17, 15) is 20.1 Å². The molecule has 0 radical (unpaired) electrons. The Kier molecular flexibility index (Phi) is 6.02. The summed E-state index contributed by atoms with van der Waals surface area (Å²) in [6.45, 7) is 0. The van der Waals surface area contributed by atoms with Crippen LogP contribution in [-0.4, -0.2) is 26.3 Å². The number of amides is 2. The number of nitrogens with zero attached hydrogens (tertiary/aromatic N) is 6. The van der Waals surface area contributed by atoms with Crippen molar-refractivity contribution in [1.82, 2.24) is 14.5 Å². The van der Waals surface area contributed by atoms with Crippen molar-refractivity contribution in [3.63, 3.8) is 0 Å². The zero-order valence-corrected chi connectivity index (χ0v) is 24.0. The standard InChI is InChI=1S/C38H20N6O2/c39-19-25-13-15-41-21-31(25)23-9-11-28-29-12-10-24(32-22-42-16-14-26(32)20-40)18-35(29)44(34(28)17-23)33-8-4-7-30-36(33)38(46)43(37(30)45)27-5-2-1-3-6-27/h1-18,21-22H. The summed E-state index contributed by atoms with van der Waals surface area (Å²) in [4.78, 5) is 37.6. The second-order valence-corrected chi connectivity index (χ2v) is 10.8. The molecular weight excluding hydrogens is 572 g/mol. The van der Waals surface area contributed by atoms with E-state index in [-0.39, 0.29) is 0 Å². The highest BCUT2D eigenvalue weighted by Gasteiger charge is 2.39. The van der Waals surface area contributed by atoms with Crippen LogP contribution < -0.4 is 4.90 Å². The largest absolute Gasteiger partial charge is 0.308 e. The second kappa shape index (κ2) is 10.4. The number of hydrogen-bond donors (Lipinski definition) is 0. The summed E-state index contributed by atoms with van der Waals surface area (Å²) >= 11 is 0. The van der Waals surface area contributed by atoms with E-state index in [0.29, 0.717) is 44.8 Å². The van der Waals surface area contributed by atoms with E-state index in [1.807, 2.05) is 53.1 Å². The summed E-state index contributed by atoms with van der Waals surface area (Å²) in [6, 6.07) is 33.9. The van der Waals surface area contributed by atoms with E-state index in [0.717, 1.165) is 32.9 Å². The predicted molar refractivity (Wildman–Crippen MR) is 174 cm³/mol. The molecule has 0 atom stereocenters. The van der Waals surface area contributed by atoms with Gasteiger partial charge in [-0.15, -0.1) is 0 Å². The van der Waals surface area contributed by atoms with Gasteiger partial charge < -0.3 is 4.57 Å². The third-order valence-electron chi connectivity index (χ3n) is 8.42. The Morgan fingerprint density at radius 1 is 0.587 bits per heavy atom. The van der Waals surface area contributed by atoms with E-state index < -0.39 is 11.8 Å². The number of hydrogen-bond acceptors (Lipinski definition) is 6. The van der Waals surface area contributed by atoms with Gasteiger partial charge >= 0.3 is 0 Å². The summed E-state index contributed by atoms with van der Waals surface area (Å²) in [5.41, 5.74) is 7.08. The second-order valence-electron chi connectivity index (χ2n) is 10.8. The van der Waals surface area contributed by atoms with Crippen LogP contribution in [0.3, 0.4) is 0 Å². The van der Waals surface area contributed by atoms with Gasteiger partial charge in [0, 0.05) is 46.7 Å². The lowest BCUT2D eigenvalue weighted by atomic mass is 9.99. The van der Waals surface area contributed by atoms with Crippen LogP contribution in [-0.2, 0) is 0 Å². The molecule has 4 aromatic carbocycles. The quantitative estimate of drug-likeness (QED) is 0.196. The van der Waals surface area contributed by atoms with Crippen molar-refractivity contribution < 1.29 is 9.59 Å². The van der Waals surface area contributed by atoms with Gasteiger partial charge in [-0.05, 0) is 59.7 Å². The average Bonchev–Trinajstić information content (AvgIpc) is 3.57. The lowest BCUT2D eigenvalue weighted by molar-refractivity contribution is 0.0926. The van der Waals surface area contributed by atoms with Crippen LogP contribution in [0.4, 0.5) is 5.69 Å². The Balaban J connectivity index is 1.45. The first kappa shape index (κ1) is 26.7. The number of nitriles is 2. The Morgan fingerprint density at radius 2 is 1.17 bits per heavy atom. The number of anilines is 1. The van der Waals surface area contributed by atoms with Crippen molar-refractivity contribution in [3.8, 4) is 40.1 Å². The fraction of sp³-hybridized carbons (Fsp3) is 0. The smallest absolute Gasteiger partial charge is 0.268 e. The first-order valence-corrected chi connectivity index (χ1v) is 14.4. The summed E-state index contributed by atoms with van der Waals surface area (Å²) in [6.07, 6.45) is 6.50. The molecule has 0 unspecified atom stereocenters. The number of pyridine rings is 2. The van der Waals surface area contributed by atoms with Gasteiger partial charge in [-0.3, -0.25) is 19.6 Å².